The molecule has 0 spiro atoms. The quantitative estimate of drug-likeness (QED) is 0.445. The summed E-state index contributed by atoms with van der Waals surface area (Å²) in [4.78, 5) is 17.9. The van der Waals surface area contributed by atoms with Crippen molar-refractivity contribution in [2.75, 3.05) is 19.6 Å². The van der Waals surface area contributed by atoms with Gasteiger partial charge in [0.1, 0.15) is 0 Å². The number of halogens is 3. The molecule has 34 heavy (non-hydrogen) atoms. The fraction of sp³-hybridized carbons (Fsp3) is 0.519. The Morgan fingerprint density at radius 1 is 1.15 bits per heavy atom. The minimum Gasteiger partial charge on any atom is -0.354 e. The van der Waals surface area contributed by atoms with Crippen molar-refractivity contribution in [1.82, 2.24) is 14.5 Å². The van der Waals surface area contributed by atoms with Crippen LogP contribution in [0.5, 0.6) is 0 Å². The normalized spacial score (nSPS) is 16.1. The Morgan fingerprint density at radius 3 is 2.47 bits per heavy atom. The minimum absolute atomic E-state index is 0.0120. The van der Waals surface area contributed by atoms with Crippen molar-refractivity contribution in [3.05, 3.63) is 57.5 Å². The molecule has 0 saturated carbocycles. The van der Waals surface area contributed by atoms with Crippen LogP contribution in [0.15, 0.2) is 35.3 Å². The summed E-state index contributed by atoms with van der Waals surface area (Å²) in [6, 6.07) is 8.57. The summed E-state index contributed by atoms with van der Waals surface area (Å²) in [6.45, 7) is 8.42. The van der Waals surface area contributed by atoms with Gasteiger partial charge < -0.3 is 14.5 Å². The topological polar surface area (TPSA) is 41.0 Å². The Hall–Kier alpha value is -2.54. The first-order valence-corrected chi connectivity index (χ1v) is 12.2. The van der Waals surface area contributed by atoms with Crippen molar-refractivity contribution in [3.8, 4) is 11.3 Å². The molecule has 3 heterocycles. The number of hydrogen-bond donors (Lipinski definition) is 1. The third-order valence-electron chi connectivity index (χ3n) is 7.08. The van der Waals surface area contributed by atoms with E-state index in [1.165, 1.54) is 16.5 Å². The molecule has 0 aliphatic carbocycles. The van der Waals surface area contributed by atoms with Crippen LogP contribution in [-0.2, 0) is 7.05 Å². The molecule has 0 amide bonds. The van der Waals surface area contributed by atoms with Gasteiger partial charge in [-0.05, 0) is 87.0 Å². The number of H-pyrrole nitrogens is 1. The van der Waals surface area contributed by atoms with Crippen LogP contribution in [0.2, 0.25) is 0 Å². The summed E-state index contributed by atoms with van der Waals surface area (Å²) in [5, 5.41) is 1.21. The Bertz CT molecular complexity index is 1190. The SMILES string of the molecule is Cc1cc(-c2[nH]c3ccc(C4CCN(CCCC(F)(F)F)CC4)cc3c2C(C)C)cn(C)c1=O. The van der Waals surface area contributed by atoms with Gasteiger partial charge in [-0.2, -0.15) is 13.2 Å². The number of nitrogens with zero attached hydrogens (tertiary/aromatic N) is 2. The van der Waals surface area contributed by atoms with Gasteiger partial charge >= 0.3 is 6.18 Å². The van der Waals surface area contributed by atoms with Gasteiger partial charge in [0.05, 0.1) is 5.69 Å². The average Bonchev–Trinajstić information content (AvgIpc) is 3.16. The van der Waals surface area contributed by atoms with E-state index in [0.717, 1.165) is 48.3 Å². The summed E-state index contributed by atoms with van der Waals surface area (Å²) in [5.74, 6) is 0.716. The number of aromatic amines is 1. The van der Waals surface area contributed by atoms with Crippen LogP contribution < -0.4 is 5.56 Å². The first-order valence-electron chi connectivity index (χ1n) is 12.2. The second-order valence-electron chi connectivity index (χ2n) is 10.0. The number of rotatable bonds is 6. The first-order chi connectivity index (χ1) is 16.0. The maximum atomic E-state index is 12.4. The third kappa shape index (κ3) is 5.24. The summed E-state index contributed by atoms with van der Waals surface area (Å²) in [6.07, 6.45) is -0.773. The van der Waals surface area contributed by atoms with E-state index in [1.807, 2.05) is 19.2 Å². The Labute approximate surface area is 198 Å². The molecule has 1 saturated heterocycles. The first kappa shape index (κ1) is 24.6. The fourth-order valence-corrected chi connectivity index (χ4v) is 5.32. The maximum absolute atomic E-state index is 12.4. The maximum Gasteiger partial charge on any atom is 0.389 e. The number of alkyl halides is 3. The number of piperidine rings is 1. The molecule has 0 unspecified atom stereocenters. The second kappa shape index (κ2) is 9.61. The van der Waals surface area contributed by atoms with E-state index in [-0.39, 0.29) is 12.0 Å². The number of nitrogens with one attached hydrogen (secondary N) is 1. The molecular weight excluding hydrogens is 439 g/mol. The van der Waals surface area contributed by atoms with E-state index in [0.29, 0.717) is 18.4 Å². The van der Waals surface area contributed by atoms with E-state index in [1.54, 1.807) is 11.6 Å². The lowest BCUT2D eigenvalue weighted by molar-refractivity contribution is -0.136. The molecule has 0 radical (unpaired) electrons. The van der Waals surface area contributed by atoms with Crippen LogP contribution in [0.4, 0.5) is 13.2 Å². The molecule has 1 N–H and O–H groups in total. The predicted molar refractivity (Wildman–Crippen MR) is 132 cm³/mol. The standard InChI is InChI=1S/C27H34F3N3O/c1-17(2)24-22-15-20(19-8-12-33(13-9-19)11-5-10-27(28,29)30)6-7-23(22)31-25(24)21-14-18(3)26(34)32(4)16-21/h6-7,14-17,19,31H,5,8-13H2,1-4H3. The average molecular weight is 474 g/mol. The molecule has 184 valence electrons. The molecule has 4 rings (SSSR count). The van der Waals surface area contributed by atoms with Crippen molar-refractivity contribution < 1.29 is 13.2 Å². The highest BCUT2D eigenvalue weighted by atomic mass is 19.4. The number of pyridine rings is 1. The smallest absolute Gasteiger partial charge is 0.354 e. The molecule has 2 aromatic heterocycles. The van der Waals surface area contributed by atoms with Crippen LogP contribution in [0.25, 0.3) is 22.2 Å². The van der Waals surface area contributed by atoms with E-state index in [4.69, 9.17) is 0 Å². The van der Waals surface area contributed by atoms with Gasteiger partial charge in [-0.15, -0.1) is 0 Å². The lowest BCUT2D eigenvalue weighted by atomic mass is 9.87. The molecule has 4 nitrogen and oxygen atoms in total. The van der Waals surface area contributed by atoms with Gasteiger partial charge in [-0.25, -0.2) is 0 Å². The van der Waals surface area contributed by atoms with Crippen LogP contribution in [0.1, 0.15) is 68.1 Å². The number of aryl methyl sites for hydroxylation is 2. The summed E-state index contributed by atoms with van der Waals surface area (Å²) in [5.41, 5.74) is 6.42. The van der Waals surface area contributed by atoms with Gasteiger partial charge in [0.15, 0.2) is 0 Å². The minimum atomic E-state index is -4.07. The number of hydrogen-bond acceptors (Lipinski definition) is 2. The number of fused-ring (bicyclic) bond motifs is 1. The zero-order valence-corrected chi connectivity index (χ0v) is 20.4. The molecule has 7 heteroatoms. The van der Waals surface area contributed by atoms with Crippen LogP contribution >= 0.6 is 0 Å². The van der Waals surface area contributed by atoms with Crippen LogP contribution in [-0.4, -0.2) is 40.3 Å². The lowest BCUT2D eigenvalue weighted by Gasteiger charge is -2.32. The van der Waals surface area contributed by atoms with Gasteiger partial charge in [-0.3, -0.25) is 4.79 Å². The lowest BCUT2D eigenvalue weighted by Crippen LogP contribution is -2.34. The molecule has 1 fully saturated rings. The van der Waals surface area contributed by atoms with Crippen molar-refractivity contribution in [3.63, 3.8) is 0 Å². The third-order valence-corrected chi connectivity index (χ3v) is 7.08. The predicted octanol–water partition coefficient (Wildman–Crippen LogP) is 6.49. The molecule has 3 aromatic rings. The number of likely N-dealkylation sites (tertiary alicyclic amines) is 1. The van der Waals surface area contributed by atoms with Crippen molar-refractivity contribution in [1.29, 1.82) is 0 Å². The van der Waals surface area contributed by atoms with E-state index in [2.05, 4.69) is 41.9 Å². The molecule has 1 aromatic carbocycles. The number of benzene rings is 1. The van der Waals surface area contributed by atoms with E-state index in [9.17, 15) is 18.0 Å². The highest BCUT2D eigenvalue weighted by Gasteiger charge is 2.28. The van der Waals surface area contributed by atoms with E-state index < -0.39 is 12.6 Å². The van der Waals surface area contributed by atoms with Gasteiger partial charge in [0.2, 0.25) is 0 Å². The van der Waals surface area contributed by atoms with Gasteiger partial charge in [0.25, 0.3) is 5.56 Å². The van der Waals surface area contributed by atoms with Crippen molar-refractivity contribution in [2.24, 2.45) is 7.05 Å². The van der Waals surface area contributed by atoms with E-state index >= 15 is 0 Å². The molecular formula is C27H34F3N3O. The summed E-state index contributed by atoms with van der Waals surface area (Å²) < 4.78 is 39.0. The Balaban J connectivity index is 1.57. The molecule has 0 atom stereocenters. The van der Waals surface area contributed by atoms with Crippen molar-refractivity contribution >= 4 is 10.9 Å². The molecule has 1 aliphatic heterocycles. The fourth-order valence-electron chi connectivity index (χ4n) is 5.32. The zero-order valence-electron chi connectivity index (χ0n) is 20.4. The number of aromatic nitrogens is 2. The zero-order chi connectivity index (χ0) is 24.6. The van der Waals surface area contributed by atoms with Crippen LogP contribution in [0, 0.1) is 6.92 Å². The molecule has 0 bridgehead atoms. The van der Waals surface area contributed by atoms with Crippen LogP contribution in [0.3, 0.4) is 0 Å². The van der Waals surface area contributed by atoms with Gasteiger partial charge in [0, 0.05) is 41.7 Å². The Kier molecular flexibility index (Phi) is 6.94. The van der Waals surface area contributed by atoms with Crippen molar-refractivity contribution in [2.45, 2.75) is 64.5 Å². The summed E-state index contributed by atoms with van der Waals surface area (Å²) >= 11 is 0. The monoisotopic (exact) mass is 473 g/mol. The Morgan fingerprint density at radius 2 is 1.85 bits per heavy atom. The summed E-state index contributed by atoms with van der Waals surface area (Å²) in [7, 11) is 1.78. The molecule has 1 aliphatic rings. The van der Waals surface area contributed by atoms with Gasteiger partial charge in [-0.1, -0.05) is 19.9 Å². The highest BCUT2D eigenvalue weighted by molar-refractivity contribution is 5.92. The highest BCUT2D eigenvalue weighted by Crippen LogP contribution is 2.38. The largest absolute Gasteiger partial charge is 0.389 e. The second-order valence-corrected chi connectivity index (χ2v) is 10.0.